The molecule has 0 atom stereocenters. The summed E-state index contributed by atoms with van der Waals surface area (Å²) in [6, 6.07) is 5.95. The van der Waals surface area contributed by atoms with Crippen molar-refractivity contribution in [2.24, 2.45) is 0 Å². The second-order valence-electron chi connectivity index (χ2n) is 3.83. The van der Waals surface area contributed by atoms with Gasteiger partial charge in [0.25, 0.3) is 0 Å². The van der Waals surface area contributed by atoms with E-state index in [9.17, 15) is 0 Å². The molecule has 2 rings (SSSR count). The third kappa shape index (κ3) is 2.47. The summed E-state index contributed by atoms with van der Waals surface area (Å²) in [6.07, 6.45) is 1.83. The minimum absolute atomic E-state index is 0.619. The molecule has 96 valence electrons. The van der Waals surface area contributed by atoms with Crippen molar-refractivity contribution >= 4 is 16.6 Å². The van der Waals surface area contributed by atoms with Gasteiger partial charge in [-0.2, -0.15) is 0 Å². The Morgan fingerprint density at radius 2 is 1.61 bits per heavy atom. The largest absolute Gasteiger partial charge is 0.490 e. The van der Waals surface area contributed by atoms with E-state index in [-0.39, 0.29) is 0 Å². The van der Waals surface area contributed by atoms with E-state index in [1.165, 1.54) is 0 Å². The van der Waals surface area contributed by atoms with Crippen molar-refractivity contribution in [3.05, 3.63) is 24.4 Å². The smallest absolute Gasteiger partial charge is 0.161 e. The van der Waals surface area contributed by atoms with Crippen molar-refractivity contribution in [1.29, 1.82) is 0 Å². The molecule has 0 aliphatic heterocycles. The fourth-order valence-electron chi connectivity index (χ4n) is 1.83. The van der Waals surface area contributed by atoms with Crippen molar-refractivity contribution in [1.82, 2.24) is 4.98 Å². The average Bonchev–Trinajstić information content (AvgIpc) is 2.39. The van der Waals surface area contributed by atoms with Gasteiger partial charge in [0.1, 0.15) is 5.82 Å². The Bertz CT molecular complexity index is 541. The third-order valence-corrected chi connectivity index (χ3v) is 2.64. The first kappa shape index (κ1) is 12.5. The number of hydrogen-bond donors (Lipinski definition) is 1. The fourth-order valence-corrected chi connectivity index (χ4v) is 1.83. The van der Waals surface area contributed by atoms with Gasteiger partial charge >= 0.3 is 0 Å². The maximum absolute atomic E-state index is 5.61. The van der Waals surface area contributed by atoms with E-state index in [2.05, 4.69) is 10.3 Å². The van der Waals surface area contributed by atoms with Crippen molar-refractivity contribution in [3.8, 4) is 11.5 Å². The number of nitrogens with zero attached hydrogens (tertiary/aromatic N) is 1. The summed E-state index contributed by atoms with van der Waals surface area (Å²) in [7, 11) is 1.85. The molecule has 1 aromatic carbocycles. The second kappa shape index (κ2) is 5.58. The number of ether oxygens (including phenoxy) is 2. The molecule has 1 N–H and O–H groups in total. The summed E-state index contributed by atoms with van der Waals surface area (Å²) in [5.74, 6) is 2.39. The highest BCUT2D eigenvalue weighted by Gasteiger charge is 2.08. The van der Waals surface area contributed by atoms with Crippen LogP contribution in [-0.2, 0) is 0 Å². The van der Waals surface area contributed by atoms with Crippen molar-refractivity contribution in [3.63, 3.8) is 0 Å². The van der Waals surface area contributed by atoms with Gasteiger partial charge in [0.2, 0.25) is 0 Å². The highest BCUT2D eigenvalue weighted by atomic mass is 16.5. The predicted octanol–water partition coefficient (Wildman–Crippen LogP) is 3.07. The third-order valence-electron chi connectivity index (χ3n) is 2.64. The zero-order chi connectivity index (χ0) is 13.0. The number of rotatable bonds is 5. The van der Waals surface area contributed by atoms with Crippen molar-refractivity contribution in [2.45, 2.75) is 13.8 Å². The van der Waals surface area contributed by atoms with Crippen LogP contribution in [0.2, 0.25) is 0 Å². The number of aromatic nitrogens is 1. The first-order valence-corrected chi connectivity index (χ1v) is 6.15. The van der Waals surface area contributed by atoms with Gasteiger partial charge in [-0.25, -0.2) is 4.98 Å². The van der Waals surface area contributed by atoms with E-state index in [4.69, 9.17) is 9.47 Å². The van der Waals surface area contributed by atoms with Gasteiger partial charge in [0, 0.05) is 18.6 Å². The number of pyridine rings is 1. The normalized spacial score (nSPS) is 10.4. The van der Waals surface area contributed by atoms with E-state index in [1.54, 1.807) is 0 Å². The Morgan fingerprint density at radius 3 is 2.17 bits per heavy atom. The zero-order valence-corrected chi connectivity index (χ0v) is 11.0. The van der Waals surface area contributed by atoms with Gasteiger partial charge in [0.05, 0.1) is 13.2 Å². The first-order valence-electron chi connectivity index (χ1n) is 6.15. The molecule has 0 fully saturated rings. The number of nitrogens with one attached hydrogen (secondary N) is 1. The molecular weight excluding hydrogens is 228 g/mol. The van der Waals surface area contributed by atoms with Crippen molar-refractivity contribution < 1.29 is 9.47 Å². The van der Waals surface area contributed by atoms with Gasteiger partial charge in [-0.3, -0.25) is 0 Å². The maximum Gasteiger partial charge on any atom is 0.161 e. The van der Waals surface area contributed by atoms with Crippen LogP contribution < -0.4 is 14.8 Å². The highest BCUT2D eigenvalue weighted by Crippen LogP contribution is 2.33. The molecular formula is C14H18N2O2. The molecule has 0 saturated carbocycles. The van der Waals surface area contributed by atoms with Crippen LogP contribution in [0, 0.1) is 0 Å². The Morgan fingerprint density at radius 1 is 1.00 bits per heavy atom. The molecule has 0 saturated heterocycles. The molecule has 0 aliphatic rings. The van der Waals surface area contributed by atoms with E-state index in [1.807, 2.05) is 45.3 Å². The lowest BCUT2D eigenvalue weighted by Gasteiger charge is -2.12. The molecule has 4 nitrogen and oxygen atoms in total. The minimum Gasteiger partial charge on any atom is -0.490 e. The Hall–Kier alpha value is -1.97. The van der Waals surface area contributed by atoms with Crippen LogP contribution in [0.25, 0.3) is 10.8 Å². The van der Waals surface area contributed by atoms with E-state index in [0.29, 0.717) is 13.2 Å². The molecule has 2 aromatic rings. The highest BCUT2D eigenvalue weighted by molar-refractivity contribution is 5.87. The van der Waals surface area contributed by atoms with Crippen LogP contribution in [0.3, 0.4) is 0 Å². The summed E-state index contributed by atoms with van der Waals surface area (Å²) in [6.45, 7) is 5.16. The van der Waals surface area contributed by atoms with E-state index in [0.717, 1.165) is 28.1 Å². The molecule has 1 heterocycles. The minimum atomic E-state index is 0.619. The summed E-state index contributed by atoms with van der Waals surface area (Å²) in [5.41, 5.74) is 0. The number of anilines is 1. The molecule has 4 heteroatoms. The van der Waals surface area contributed by atoms with Gasteiger partial charge in [0.15, 0.2) is 11.5 Å². The van der Waals surface area contributed by atoms with Crippen molar-refractivity contribution in [2.75, 3.05) is 25.6 Å². The Balaban J connectivity index is 2.52. The summed E-state index contributed by atoms with van der Waals surface area (Å²) < 4.78 is 11.2. The quantitative estimate of drug-likeness (QED) is 0.880. The molecule has 1 aromatic heterocycles. The van der Waals surface area contributed by atoms with Gasteiger partial charge in [-0.15, -0.1) is 0 Å². The van der Waals surface area contributed by atoms with Crippen LogP contribution in [-0.4, -0.2) is 25.2 Å². The van der Waals surface area contributed by atoms with Crippen LogP contribution >= 0.6 is 0 Å². The molecule has 0 amide bonds. The second-order valence-corrected chi connectivity index (χ2v) is 3.83. The van der Waals surface area contributed by atoms with E-state index < -0.39 is 0 Å². The molecule has 0 unspecified atom stereocenters. The lowest BCUT2D eigenvalue weighted by Crippen LogP contribution is -1.99. The maximum atomic E-state index is 5.61. The molecule has 0 radical (unpaired) electrons. The lowest BCUT2D eigenvalue weighted by molar-refractivity contribution is 0.288. The average molecular weight is 246 g/mol. The van der Waals surface area contributed by atoms with Gasteiger partial charge in [-0.05, 0) is 37.4 Å². The SMILES string of the molecule is CCOc1cc2cnc(NC)cc2cc1OCC. The molecule has 0 spiro atoms. The first-order chi connectivity index (χ1) is 8.78. The molecule has 18 heavy (non-hydrogen) atoms. The van der Waals surface area contributed by atoms with Crippen LogP contribution in [0.4, 0.5) is 5.82 Å². The van der Waals surface area contributed by atoms with Gasteiger partial charge in [-0.1, -0.05) is 0 Å². The van der Waals surface area contributed by atoms with Crippen LogP contribution in [0.15, 0.2) is 24.4 Å². The monoisotopic (exact) mass is 246 g/mol. The molecule has 0 aliphatic carbocycles. The number of hydrogen-bond acceptors (Lipinski definition) is 4. The number of benzene rings is 1. The summed E-state index contributed by atoms with van der Waals surface area (Å²) in [4.78, 5) is 4.29. The Labute approximate surface area is 107 Å². The van der Waals surface area contributed by atoms with Crippen LogP contribution in [0.5, 0.6) is 11.5 Å². The Kier molecular flexibility index (Phi) is 3.87. The van der Waals surface area contributed by atoms with Crippen LogP contribution in [0.1, 0.15) is 13.8 Å². The fraction of sp³-hybridized carbons (Fsp3) is 0.357. The van der Waals surface area contributed by atoms with Gasteiger partial charge < -0.3 is 14.8 Å². The topological polar surface area (TPSA) is 43.4 Å². The summed E-state index contributed by atoms with van der Waals surface area (Å²) >= 11 is 0. The number of fused-ring (bicyclic) bond motifs is 1. The lowest BCUT2D eigenvalue weighted by atomic mass is 10.1. The summed E-state index contributed by atoms with van der Waals surface area (Å²) in [5, 5.41) is 5.15. The predicted molar refractivity (Wildman–Crippen MR) is 73.6 cm³/mol. The standard InChI is InChI=1S/C14H18N2O2/c1-4-17-12-6-10-8-14(15-3)16-9-11(10)7-13(12)18-5-2/h6-9H,4-5H2,1-3H3,(H,15,16). The van der Waals surface area contributed by atoms with E-state index >= 15 is 0 Å². The zero-order valence-electron chi connectivity index (χ0n) is 11.0. The molecule has 0 bridgehead atoms.